The average Bonchev–Trinajstić information content (AvgIpc) is 2.55. The highest BCUT2D eigenvalue weighted by atomic mass is 127. The van der Waals surface area contributed by atoms with Gasteiger partial charge >= 0.3 is 5.97 Å². The smallest absolute Gasteiger partial charge is 0.328 e. The fourth-order valence-electron chi connectivity index (χ4n) is 2.06. The molecule has 1 amide bonds. The zero-order valence-electron chi connectivity index (χ0n) is 12.4. The number of methoxy groups -OCH3 is 1. The molecule has 120 valence electrons. The normalized spacial score (nSPS) is 11.6. The summed E-state index contributed by atoms with van der Waals surface area (Å²) in [6.07, 6.45) is 0.296. The zero-order valence-corrected chi connectivity index (χ0v) is 14.5. The minimum Gasteiger partial charge on any atom is -0.467 e. The van der Waals surface area contributed by atoms with Crippen molar-refractivity contribution >= 4 is 34.5 Å². The predicted octanol–water partition coefficient (Wildman–Crippen LogP) is 2.94. The van der Waals surface area contributed by atoms with Crippen LogP contribution < -0.4 is 5.32 Å². The number of rotatable bonds is 5. The van der Waals surface area contributed by atoms with Gasteiger partial charge in [0.15, 0.2) is 0 Å². The standard InChI is InChI=1S/C17H15FINO3/c1-23-17(22)15(9-11-5-7-14(19)8-6-11)20-16(21)12-3-2-4-13(18)10-12/h2-8,10,15H,9H2,1H3,(H,20,21)/t15-/m1/s1. The summed E-state index contributed by atoms with van der Waals surface area (Å²) in [5.41, 5.74) is 1.04. The molecule has 6 heteroatoms. The number of carbonyl (C=O) groups excluding carboxylic acids is 2. The molecule has 0 saturated heterocycles. The van der Waals surface area contributed by atoms with Gasteiger partial charge in [-0.15, -0.1) is 0 Å². The topological polar surface area (TPSA) is 55.4 Å². The summed E-state index contributed by atoms with van der Waals surface area (Å²) in [5, 5.41) is 2.59. The molecule has 2 aromatic rings. The number of hydrogen-bond acceptors (Lipinski definition) is 3. The molecule has 2 rings (SSSR count). The lowest BCUT2D eigenvalue weighted by molar-refractivity contribution is -0.142. The van der Waals surface area contributed by atoms with Crippen LogP contribution in [0.5, 0.6) is 0 Å². The Labute approximate surface area is 147 Å². The van der Waals surface area contributed by atoms with Gasteiger partial charge in [-0.2, -0.15) is 0 Å². The third-order valence-electron chi connectivity index (χ3n) is 3.23. The van der Waals surface area contributed by atoms with Crippen LogP contribution in [0.25, 0.3) is 0 Å². The molecule has 0 bridgehead atoms. The molecule has 0 saturated carbocycles. The number of hydrogen-bond donors (Lipinski definition) is 1. The zero-order chi connectivity index (χ0) is 16.8. The first kappa shape index (κ1) is 17.4. The predicted molar refractivity (Wildman–Crippen MR) is 92.5 cm³/mol. The molecule has 0 aliphatic rings. The molecule has 23 heavy (non-hydrogen) atoms. The lowest BCUT2D eigenvalue weighted by atomic mass is 10.1. The number of ether oxygens (including phenoxy) is 1. The first-order chi connectivity index (χ1) is 11.0. The molecule has 0 aliphatic carbocycles. The maximum atomic E-state index is 13.2. The fourth-order valence-corrected chi connectivity index (χ4v) is 2.42. The summed E-state index contributed by atoms with van der Waals surface area (Å²) >= 11 is 2.18. The van der Waals surface area contributed by atoms with Gasteiger partial charge in [-0.1, -0.05) is 18.2 Å². The van der Waals surface area contributed by atoms with Gasteiger partial charge < -0.3 is 10.1 Å². The van der Waals surface area contributed by atoms with Crippen molar-refractivity contribution in [1.29, 1.82) is 0 Å². The van der Waals surface area contributed by atoms with Crippen molar-refractivity contribution in [2.75, 3.05) is 7.11 Å². The second-order valence-corrected chi connectivity index (χ2v) is 6.14. The minimum atomic E-state index is -0.837. The number of esters is 1. The van der Waals surface area contributed by atoms with E-state index < -0.39 is 23.7 Å². The third-order valence-corrected chi connectivity index (χ3v) is 3.95. The lowest BCUT2D eigenvalue weighted by Crippen LogP contribution is -2.43. The van der Waals surface area contributed by atoms with Crippen LogP contribution in [0.1, 0.15) is 15.9 Å². The van der Waals surface area contributed by atoms with E-state index in [1.807, 2.05) is 24.3 Å². The molecule has 0 unspecified atom stereocenters. The highest BCUT2D eigenvalue weighted by Crippen LogP contribution is 2.10. The largest absolute Gasteiger partial charge is 0.467 e. The first-order valence-corrected chi connectivity index (χ1v) is 7.96. The number of nitrogens with one attached hydrogen (secondary N) is 1. The SMILES string of the molecule is COC(=O)[C@@H](Cc1ccc(I)cc1)NC(=O)c1cccc(F)c1. The molecule has 4 nitrogen and oxygen atoms in total. The first-order valence-electron chi connectivity index (χ1n) is 6.88. The molecule has 0 spiro atoms. The van der Waals surface area contributed by atoms with Crippen LogP contribution in [0, 0.1) is 9.39 Å². The number of carbonyl (C=O) groups is 2. The van der Waals surface area contributed by atoms with E-state index >= 15 is 0 Å². The Bertz CT molecular complexity index is 703. The van der Waals surface area contributed by atoms with E-state index in [1.54, 1.807) is 0 Å². The van der Waals surface area contributed by atoms with Crippen molar-refractivity contribution in [3.8, 4) is 0 Å². The molecule has 2 aromatic carbocycles. The van der Waals surface area contributed by atoms with E-state index in [-0.39, 0.29) is 5.56 Å². The number of benzene rings is 2. The van der Waals surface area contributed by atoms with Gasteiger partial charge in [0.05, 0.1) is 7.11 Å². The maximum Gasteiger partial charge on any atom is 0.328 e. The van der Waals surface area contributed by atoms with Crippen molar-refractivity contribution in [2.24, 2.45) is 0 Å². The monoisotopic (exact) mass is 427 g/mol. The number of halogens is 2. The van der Waals surface area contributed by atoms with Gasteiger partial charge in [0.2, 0.25) is 0 Å². The second kappa shape index (κ2) is 8.05. The van der Waals surface area contributed by atoms with Crippen LogP contribution in [0.2, 0.25) is 0 Å². The molecule has 0 radical (unpaired) electrons. The molecule has 1 N–H and O–H groups in total. The van der Waals surface area contributed by atoms with Gasteiger partial charge in [-0.25, -0.2) is 9.18 Å². The molecule has 0 fully saturated rings. The van der Waals surface area contributed by atoms with E-state index in [9.17, 15) is 14.0 Å². The lowest BCUT2D eigenvalue weighted by Gasteiger charge is -2.17. The molecule has 0 aliphatic heterocycles. The van der Waals surface area contributed by atoms with Crippen LogP contribution in [-0.4, -0.2) is 25.0 Å². The van der Waals surface area contributed by atoms with Crippen LogP contribution in [0.4, 0.5) is 4.39 Å². The van der Waals surface area contributed by atoms with Crippen molar-refractivity contribution < 1.29 is 18.7 Å². The van der Waals surface area contributed by atoms with Crippen molar-refractivity contribution in [3.63, 3.8) is 0 Å². The Morgan fingerprint density at radius 2 is 1.91 bits per heavy atom. The Morgan fingerprint density at radius 3 is 2.52 bits per heavy atom. The molecule has 0 aromatic heterocycles. The highest BCUT2D eigenvalue weighted by molar-refractivity contribution is 14.1. The quantitative estimate of drug-likeness (QED) is 0.590. The molecule has 1 atom stereocenters. The van der Waals surface area contributed by atoms with Gasteiger partial charge in [0, 0.05) is 15.6 Å². The molecule has 0 heterocycles. The summed E-state index contributed by atoms with van der Waals surface area (Å²) in [6.45, 7) is 0. The Morgan fingerprint density at radius 1 is 1.22 bits per heavy atom. The van der Waals surface area contributed by atoms with Gasteiger partial charge in [-0.05, 0) is 58.5 Å². The van der Waals surface area contributed by atoms with Crippen LogP contribution in [0.15, 0.2) is 48.5 Å². The Hall–Kier alpha value is -1.96. The van der Waals surface area contributed by atoms with Crippen molar-refractivity contribution in [3.05, 3.63) is 69.0 Å². The molecular formula is C17H15FINO3. The summed E-state index contributed by atoms with van der Waals surface area (Å²) in [7, 11) is 1.26. The summed E-state index contributed by atoms with van der Waals surface area (Å²) in [6, 6.07) is 12.0. The fraction of sp³-hybridized carbons (Fsp3) is 0.176. The van der Waals surface area contributed by atoms with Gasteiger partial charge in [-0.3, -0.25) is 4.79 Å². The van der Waals surface area contributed by atoms with Gasteiger partial charge in [0.1, 0.15) is 11.9 Å². The van der Waals surface area contributed by atoms with Gasteiger partial charge in [0.25, 0.3) is 5.91 Å². The summed E-state index contributed by atoms with van der Waals surface area (Å²) in [4.78, 5) is 24.1. The van der Waals surface area contributed by atoms with E-state index in [1.165, 1.54) is 25.3 Å². The Kier molecular flexibility index (Phi) is 6.09. The number of amides is 1. The Balaban J connectivity index is 2.13. The summed E-state index contributed by atoms with van der Waals surface area (Å²) in [5.74, 6) is -1.58. The summed E-state index contributed by atoms with van der Waals surface area (Å²) < 4.78 is 19.0. The maximum absolute atomic E-state index is 13.2. The third kappa shape index (κ3) is 5.02. The minimum absolute atomic E-state index is 0.154. The van der Waals surface area contributed by atoms with E-state index in [0.717, 1.165) is 15.2 Å². The van der Waals surface area contributed by atoms with E-state index in [0.29, 0.717) is 6.42 Å². The van der Waals surface area contributed by atoms with Crippen LogP contribution >= 0.6 is 22.6 Å². The molecular weight excluding hydrogens is 412 g/mol. The van der Waals surface area contributed by atoms with E-state index in [2.05, 4.69) is 27.9 Å². The average molecular weight is 427 g/mol. The van der Waals surface area contributed by atoms with Crippen molar-refractivity contribution in [1.82, 2.24) is 5.32 Å². The van der Waals surface area contributed by atoms with E-state index in [4.69, 9.17) is 4.74 Å². The van der Waals surface area contributed by atoms with Crippen LogP contribution in [0.3, 0.4) is 0 Å². The van der Waals surface area contributed by atoms with Crippen molar-refractivity contribution in [2.45, 2.75) is 12.5 Å². The van der Waals surface area contributed by atoms with Crippen LogP contribution in [-0.2, 0) is 16.0 Å². The highest BCUT2D eigenvalue weighted by Gasteiger charge is 2.22. The second-order valence-electron chi connectivity index (χ2n) is 4.89.